The molecule has 0 fully saturated rings. The molecule has 0 aliphatic heterocycles. The van der Waals surface area contributed by atoms with Crippen LogP contribution in [-0.4, -0.2) is 38.1 Å². The molecule has 0 aliphatic carbocycles. The maximum Gasteiger partial charge on any atom is 0 e. The van der Waals surface area contributed by atoms with Gasteiger partial charge in [-0.1, -0.05) is 39.5 Å². The van der Waals surface area contributed by atoms with E-state index < -0.39 is 0 Å². The molecular weight excluding hydrogens is 184 g/mol. The van der Waals surface area contributed by atoms with Gasteiger partial charge in [0.2, 0.25) is 0 Å². The van der Waals surface area contributed by atoms with Gasteiger partial charge < -0.3 is 10.2 Å². The summed E-state index contributed by atoms with van der Waals surface area (Å²) in [5, 5.41) is 3.37. The fourth-order valence-electron chi connectivity index (χ4n) is 1.67. The first kappa shape index (κ1) is 14.9. The van der Waals surface area contributed by atoms with Gasteiger partial charge in [-0.2, -0.15) is 0 Å². The van der Waals surface area contributed by atoms with Gasteiger partial charge in [0, 0.05) is 1.43 Å². The predicted molar refractivity (Wildman–Crippen MR) is 71.5 cm³/mol. The number of nitrogens with zero attached hydrogens (tertiary/aromatic N) is 1. The van der Waals surface area contributed by atoms with Crippen LogP contribution in [0.15, 0.2) is 0 Å². The van der Waals surface area contributed by atoms with E-state index in [4.69, 9.17) is 0 Å². The summed E-state index contributed by atoms with van der Waals surface area (Å²) in [6.45, 7) is 9.17. The van der Waals surface area contributed by atoms with Crippen LogP contribution in [0.2, 0.25) is 0 Å². The molecule has 0 spiro atoms. The zero-order valence-corrected chi connectivity index (χ0v) is 11.0. The summed E-state index contributed by atoms with van der Waals surface area (Å²) in [6, 6.07) is 0. The highest BCUT2D eigenvalue weighted by Crippen LogP contribution is 2.05. The second-order valence-corrected chi connectivity index (χ2v) is 4.37. The Hall–Kier alpha value is -0.0800. The Morgan fingerprint density at radius 2 is 1.53 bits per heavy atom. The monoisotopic (exact) mass is 216 g/mol. The minimum Gasteiger partial charge on any atom is -0.317 e. The van der Waals surface area contributed by atoms with Gasteiger partial charge in [-0.25, -0.2) is 0 Å². The van der Waals surface area contributed by atoms with Crippen LogP contribution in [-0.2, 0) is 0 Å². The normalized spacial score (nSPS) is 11.2. The van der Waals surface area contributed by atoms with Crippen molar-refractivity contribution in [2.24, 2.45) is 0 Å². The van der Waals surface area contributed by atoms with E-state index in [9.17, 15) is 0 Å². The van der Waals surface area contributed by atoms with Gasteiger partial charge >= 0.3 is 0 Å². The topological polar surface area (TPSA) is 15.3 Å². The van der Waals surface area contributed by atoms with Crippen molar-refractivity contribution >= 4 is 0 Å². The van der Waals surface area contributed by atoms with Crippen molar-refractivity contribution in [2.75, 3.05) is 33.2 Å². The molecule has 0 saturated carbocycles. The SMILES string of the molecule is CCNCCCCCCCCN(C)CC.[HH]. The molecule has 0 bridgehead atoms. The van der Waals surface area contributed by atoms with E-state index in [2.05, 4.69) is 31.1 Å². The zero-order chi connectivity index (χ0) is 11.4. The average molecular weight is 216 g/mol. The van der Waals surface area contributed by atoms with E-state index in [0.29, 0.717) is 0 Å². The molecule has 1 N–H and O–H groups in total. The van der Waals surface area contributed by atoms with Gasteiger partial charge in [0.05, 0.1) is 0 Å². The Labute approximate surface area is 97.9 Å². The third-order valence-electron chi connectivity index (χ3n) is 2.93. The maximum absolute atomic E-state index is 3.37. The van der Waals surface area contributed by atoms with E-state index in [1.54, 1.807) is 0 Å². The first-order valence-electron chi connectivity index (χ1n) is 6.70. The number of rotatable bonds is 11. The molecule has 0 aromatic carbocycles. The van der Waals surface area contributed by atoms with E-state index >= 15 is 0 Å². The molecule has 0 radical (unpaired) electrons. The van der Waals surface area contributed by atoms with E-state index in [-0.39, 0.29) is 1.43 Å². The summed E-state index contributed by atoms with van der Waals surface area (Å²) >= 11 is 0. The molecule has 0 aliphatic rings. The summed E-state index contributed by atoms with van der Waals surface area (Å²) in [7, 11) is 2.20. The summed E-state index contributed by atoms with van der Waals surface area (Å²) < 4.78 is 0. The third-order valence-corrected chi connectivity index (χ3v) is 2.93. The van der Waals surface area contributed by atoms with Crippen molar-refractivity contribution in [1.29, 1.82) is 0 Å². The second-order valence-electron chi connectivity index (χ2n) is 4.37. The van der Waals surface area contributed by atoms with Gasteiger partial charge in [-0.15, -0.1) is 0 Å². The van der Waals surface area contributed by atoms with Crippen LogP contribution in [0.5, 0.6) is 0 Å². The highest BCUT2D eigenvalue weighted by atomic mass is 15.1. The van der Waals surface area contributed by atoms with Gasteiger partial charge in [0.15, 0.2) is 0 Å². The van der Waals surface area contributed by atoms with Gasteiger partial charge in [0.1, 0.15) is 0 Å². The lowest BCUT2D eigenvalue weighted by molar-refractivity contribution is 0.340. The van der Waals surface area contributed by atoms with Crippen LogP contribution in [0.25, 0.3) is 0 Å². The minimum atomic E-state index is 0. The Kier molecular flexibility index (Phi) is 11.9. The van der Waals surface area contributed by atoms with Crippen molar-refractivity contribution in [2.45, 2.75) is 52.4 Å². The van der Waals surface area contributed by atoms with Gasteiger partial charge in [0.25, 0.3) is 0 Å². The summed E-state index contributed by atoms with van der Waals surface area (Å²) in [5.41, 5.74) is 0. The second kappa shape index (κ2) is 12.0. The molecular formula is C13H32N2. The molecule has 0 aromatic rings. The summed E-state index contributed by atoms with van der Waals surface area (Å²) in [5.74, 6) is 0. The van der Waals surface area contributed by atoms with Crippen LogP contribution >= 0.6 is 0 Å². The fourth-order valence-corrected chi connectivity index (χ4v) is 1.67. The summed E-state index contributed by atoms with van der Waals surface area (Å²) in [6.07, 6.45) is 8.37. The number of unbranched alkanes of at least 4 members (excludes halogenated alkanes) is 5. The maximum atomic E-state index is 3.37. The molecule has 0 unspecified atom stereocenters. The van der Waals surface area contributed by atoms with E-state index in [1.807, 2.05) is 0 Å². The number of nitrogens with one attached hydrogen (secondary N) is 1. The minimum absolute atomic E-state index is 0. The van der Waals surface area contributed by atoms with Crippen LogP contribution in [0.3, 0.4) is 0 Å². The third kappa shape index (κ3) is 11.8. The lowest BCUT2D eigenvalue weighted by atomic mass is 10.1. The van der Waals surface area contributed by atoms with Crippen molar-refractivity contribution in [1.82, 2.24) is 10.2 Å². The average Bonchev–Trinajstić information content (AvgIpc) is 2.26. The fraction of sp³-hybridized carbons (Fsp3) is 1.00. The van der Waals surface area contributed by atoms with E-state index in [0.717, 1.165) is 6.54 Å². The quantitative estimate of drug-likeness (QED) is 0.534. The Bertz CT molecular complexity index is 121. The lowest BCUT2D eigenvalue weighted by Crippen LogP contribution is -2.18. The number of hydrogen-bond donors (Lipinski definition) is 1. The smallest absolute Gasteiger partial charge is 0 e. The molecule has 0 saturated heterocycles. The Morgan fingerprint density at radius 3 is 2.13 bits per heavy atom. The van der Waals surface area contributed by atoms with Crippen molar-refractivity contribution in [3.8, 4) is 0 Å². The number of hydrogen-bond acceptors (Lipinski definition) is 2. The summed E-state index contributed by atoms with van der Waals surface area (Å²) in [4.78, 5) is 2.39. The predicted octanol–water partition coefficient (Wildman–Crippen LogP) is 3.13. The lowest BCUT2D eigenvalue weighted by Gasteiger charge is -2.12. The van der Waals surface area contributed by atoms with E-state index in [1.165, 1.54) is 58.2 Å². The molecule has 94 valence electrons. The highest BCUT2D eigenvalue weighted by Gasteiger charge is 1.94. The first-order valence-corrected chi connectivity index (χ1v) is 6.70. The van der Waals surface area contributed by atoms with Crippen molar-refractivity contribution in [3.63, 3.8) is 0 Å². The first-order chi connectivity index (χ1) is 7.31. The zero-order valence-electron chi connectivity index (χ0n) is 11.0. The molecule has 0 atom stereocenters. The highest BCUT2D eigenvalue weighted by molar-refractivity contribution is 4.51. The Balaban J connectivity index is 0. The largest absolute Gasteiger partial charge is 0.317 e. The van der Waals surface area contributed by atoms with Crippen LogP contribution in [0.4, 0.5) is 0 Å². The Morgan fingerprint density at radius 1 is 0.933 bits per heavy atom. The van der Waals surface area contributed by atoms with Crippen LogP contribution in [0, 0.1) is 0 Å². The van der Waals surface area contributed by atoms with Gasteiger partial charge in [-0.05, 0) is 46.1 Å². The molecule has 2 nitrogen and oxygen atoms in total. The van der Waals surface area contributed by atoms with Crippen LogP contribution in [0.1, 0.15) is 53.8 Å². The molecule has 0 rings (SSSR count). The van der Waals surface area contributed by atoms with Crippen LogP contribution < -0.4 is 5.32 Å². The van der Waals surface area contributed by atoms with Crippen molar-refractivity contribution in [3.05, 3.63) is 0 Å². The van der Waals surface area contributed by atoms with Crippen molar-refractivity contribution < 1.29 is 1.43 Å². The standard InChI is InChI=1S/C13H30N2.H2/c1-4-14-12-10-8-6-7-9-11-13-15(3)5-2;/h14H,4-13H2,1-3H3;1H. The molecule has 0 heterocycles. The molecule has 0 amide bonds. The molecule has 2 heteroatoms. The van der Waals surface area contributed by atoms with Gasteiger partial charge in [-0.3, -0.25) is 0 Å². The molecule has 0 aromatic heterocycles. The molecule has 15 heavy (non-hydrogen) atoms.